The van der Waals surface area contributed by atoms with Gasteiger partial charge >= 0.3 is 5.97 Å². The molecule has 0 aliphatic heterocycles. The Labute approximate surface area is 151 Å². The molecule has 7 heteroatoms. The molecule has 138 valence electrons. The van der Waals surface area contributed by atoms with Crippen molar-refractivity contribution in [3.63, 3.8) is 0 Å². The fourth-order valence-electron chi connectivity index (χ4n) is 2.16. The predicted octanol–water partition coefficient (Wildman–Crippen LogP) is 2.71. The molecular formula is C19H21NO6. The molecule has 0 saturated heterocycles. The second kappa shape index (κ2) is 10.0. The number of carboxylic acid groups (broad SMARTS) is 1. The maximum atomic E-state index is 12.4. The van der Waals surface area contributed by atoms with Crippen LogP contribution in [0.2, 0.25) is 0 Å². The highest BCUT2D eigenvalue weighted by Gasteiger charge is 2.14. The first-order chi connectivity index (χ1) is 12.6. The molecule has 0 aromatic heterocycles. The van der Waals surface area contributed by atoms with E-state index >= 15 is 0 Å². The minimum absolute atomic E-state index is 0.105. The zero-order chi connectivity index (χ0) is 18.8. The molecule has 2 aromatic rings. The minimum Gasteiger partial charge on any atom is -0.490 e. The van der Waals surface area contributed by atoms with E-state index in [1.807, 2.05) is 19.1 Å². The summed E-state index contributed by atoms with van der Waals surface area (Å²) >= 11 is 0. The van der Waals surface area contributed by atoms with E-state index in [0.29, 0.717) is 29.4 Å². The van der Waals surface area contributed by atoms with Crippen LogP contribution in [0.4, 0.5) is 0 Å². The molecule has 2 N–H and O–H groups in total. The van der Waals surface area contributed by atoms with Crippen LogP contribution in [0.1, 0.15) is 17.3 Å². The average Bonchev–Trinajstić information content (AvgIpc) is 2.63. The summed E-state index contributed by atoms with van der Waals surface area (Å²) in [5, 5.41) is 11.2. The lowest BCUT2D eigenvalue weighted by molar-refractivity contribution is -0.142. The van der Waals surface area contributed by atoms with Gasteiger partial charge in [0.05, 0.1) is 18.8 Å². The molecule has 1 amide bonds. The fraction of sp³-hybridized carbons (Fsp3) is 0.263. The SMILES string of the molecule is CCOc1ccccc1Oc1ccccc1C(=O)NCCOCC(=O)O. The van der Waals surface area contributed by atoms with Gasteiger partial charge in [0, 0.05) is 6.54 Å². The lowest BCUT2D eigenvalue weighted by atomic mass is 10.2. The van der Waals surface area contributed by atoms with Crippen LogP contribution in [0.3, 0.4) is 0 Å². The summed E-state index contributed by atoms with van der Waals surface area (Å²) in [5.41, 5.74) is 0.358. The van der Waals surface area contributed by atoms with Gasteiger partial charge < -0.3 is 24.6 Å². The van der Waals surface area contributed by atoms with Crippen molar-refractivity contribution in [2.75, 3.05) is 26.4 Å². The van der Waals surface area contributed by atoms with Gasteiger partial charge in [-0.2, -0.15) is 0 Å². The Hall–Kier alpha value is -3.06. The van der Waals surface area contributed by atoms with Crippen LogP contribution >= 0.6 is 0 Å². The van der Waals surface area contributed by atoms with Gasteiger partial charge in [-0.3, -0.25) is 4.79 Å². The van der Waals surface area contributed by atoms with E-state index in [1.54, 1.807) is 36.4 Å². The number of ether oxygens (including phenoxy) is 3. The smallest absolute Gasteiger partial charge is 0.329 e. The fourth-order valence-corrected chi connectivity index (χ4v) is 2.16. The number of benzene rings is 2. The molecule has 0 radical (unpaired) electrons. The number of para-hydroxylation sites is 3. The largest absolute Gasteiger partial charge is 0.490 e. The first-order valence-corrected chi connectivity index (χ1v) is 8.18. The van der Waals surface area contributed by atoms with E-state index in [9.17, 15) is 9.59 Å². The highest BCUT2D eigenvalue weighted by molar-refractivity contribution is 5.97. The first-order valence-electron chi connectivity index (χ1n) is 8.18. The second-order valence-electron chi connectivity index (χ2n) is 5.18. The van der Waals surface area contributed by atoms with Crippen LogP contribution in [-0.4, -0.2) is 43.3 Å². The molecule has 0 spiro atoms. The van der Waals surface area contributed by atoms with Crippen molar-refractivity contribution >= 4 is 11.9 Å². The van der Waals surface area contributed by atoms with Gasteiger partial charge in [0.2, 0.25) is 0 Å². The van der Waals surface area contributed by atoms with E-state index in [1.165, 1.54) is 0 Å². The summed E-state index contributed by atoms with van der Waals surface area (Å²) in [7, 11) is 0. The Morgan fingerprint density at radius 1 is 1.00 bits per heavy atom. The van der Waals surface area contributed by atoms with Crippen molar-refractivity contribution in [2.45, 2.75) is 6.92 Å². The van der Waals surface area contributed by atoms with Gasteiger partial charge in [-0.15, -0.1) is 0 Å². The van der Waals surface area contributed by atoms with Gasteiger partial charge in [-0.05, 0) is 31.2 Å². The number of carboxylic acids is 1. The topological polar surface area (TPSA) is 94.1 Å². The maximum absolute atomic E-state index is 12.4. The minimum atomic E-state index is -1.05. The summed E-state index contributed by atoms with van der Waals surface area (Å²) in [5.74, 6) is 0.103. The molecule has 2 rings (SSSR count). The van der Waals surface area contributed by atoms with Crippen molar-refractivity contribution in [1.82, 2.24) is 5.32 Å². The number of carbonyl (C=O) groups is 2. The summed E-state index contributed by atoms with van der Waals surface area (Å²) in [6.07, 6.45) is 0. The Morgan fingerprint density at radius 3 is 2.35 bits per heavy atom. The third-order valence-electron chi connectivity index (χ3n) is 3.26. The Morgan fingerprint density at radius 2 is 1.65 bits per heavy atom. The third kappa shape index (κ3) is 5.78. The monoisotopic (exact) mass is 359 g/mol. The van der Waals surface area contributed by atoms with Crippen molar-refractivity contribution in [3.8, 4) is 17.2 Å². The van der Waals surface area contributed by atoms with Crippen LogP contribution in [0.15, 0.2) is 48.5 Å². The van der Waals surface area contributed by atoms with Gasteiger partial charge in [-0.1, -0.05) is 24.3 Å². The zero-order valence-corrected chi connectivity index (χ0v) is 14.4. The van der Waals surface area contributed by atoms with Gasteiger partial charge in [-0.25, -0.2) is 4.79 Å². The van der Waals surface area contributed by atoms with Crippen LogP contribution < -0.4 is 14.8 Å². The molecule has 26 heavy (non-hydrogen) atoms. The van der Waals surface area contributed by atoms with Gasteiger partial charge in [0.1, 0.15) is 12.4 Å². The highest BCUT2D eigenvalue weighted by Crippen LogP contribution is 2.32. The van der Waals surface area contributed by atoms with Gasteiger partial charge in [0.15, 0.2) is 11.5 Å². The zero-order valence-electron chi connectivity index (χ0n) is 14.4. The van der Waals surface area contributed by atoms with Crippen LogP contribution in [0.5, 0.6) is 17.2 Å². The molecule has 0 bridgehead atoms. The Kier molecular flexibility index (Phi) is 7.45. The molecule has 0 saturated carbocycles. The molecule has 0 fully saturated rings. The molecule has 7 nitrogen and oxygen atoms in total. The van der Waals surface area contributed by atoms with Gasteiger partial charge in [0.25, 0.3) is 5.91 Å². The number of amides is 1. The molecule has 2 aromatic carbocycles. The first kappa shape index (κ1) is 19.3. The van der Waals surface area contributed by atoms with E-state index in [2.05, 4.69) is 5.32 Å². The lowest BCUT2D eigenvalue weighted by Crippen LogP contribution is -2.28. The number of aliphatic carboxylic acids is 1. The van der Waals surface area contributed by atoms with E-state index in [0.717, 1.165) is 0 Å². The lowest BCUT2D eigenvalue weighted by Gasteiger charge is -2.14. The van der Waals surface area contributed by atoms with E-state index in [-0.39, 0.29) is 19.1 Å². The normalized spacial score (nSPS) is 10.2. The van der Waals surface area contributed by atoms with Crippen LogP contribution in [0.25, 0.3) is 0 Å². The molecular weight excluding hydrogens is 338 g/mol. The number of carbonyl (C=O) groups excluding carboxylic acids is 1. The molecule has 0 heterocycles. The Bertz CT molecular complexity index is 746. The van der Waals surface area contributed by atoms with Crippen molar-refractivity contribution in [3.05, 3.63) is 54.1 Å². The number of rotatable bonds is 10. The Balaban J connectivity index is 2.03. The summed E-state index contributed by atoms with van der Waals surface area (Å²) in [6, 6.07) is 14.1. The van der Waals surface area contributed by atoms with E-state index in [4.69, 9.17) is 19.3 Å². The summed E-state index contributed by atoms with van der Waals surface area (Å²) < 4.78 is 16.3. The summed E-state index contributed by atoms with van der Waals surface area (Å²) in [4.78, 5) is 22.7. The predicted molar refractivity (Wildman–Crippen MR) is 94.9 cm³/mol. The van der Waals surface area contributed by atoms with E-state index < -0.39 is 12.6 Å². The molecule has 0 aliphatic carbocycles. The molecule has 0 unspecified atom stereocenters. The number of hydrogen-bond donors (Lipinski definition) is 2. The van der Waals surface area contributed by atoms with Crippen LogP contribution in [-0.2, 0) is 9.53 Å². The second-order valence-corrected chi connectivity index (χ2v) is 5.18. The maximum Gasteiger partial charge on any atom is 0.329 e. The average molecular weight is 359 g/mol. The number of hydrogen-bond acceptors (Lipinski definition) is 5. The molecule has 0 aliphatic rings. The number of nitrogens with one attached hydrogen (secondary N) is 1. The highest BCUT2D eigenvalue weighted by atomic mass is 16.5. The quantitative estimate of drug-likeness (QED) is 0.634. The molecule has 0 atom stereocenters. The summed E-state index contributed by atoms with van der Waals surface area (Å²) in [6.45, 7) is 2.28. The third-order valence-corrected chi connectivity index (χ3v) is 3.26. The van der Waals surface area contributed by atoms with Crippen molar-refractivity contribution in [2.24, 2.45) is 0 Å². The van der Waals surface area contributed by atoms with Crippen molar-refractivity contribution in [1.29, 1.82) is 0 Å². The van der Waals surface area contributed by atoms with Crippen LogP contribution in [0, 0.1) is 0 Å². The standard InChI is InChI=1S/C19H21NO6/c1-2-25-16-9-5-6-10-17(16)26-15-8-4-3-7-14(15)19(23)20-11-12-24-13-18(21)22/h3-10H,2,11-13H2,1H3,(H,20,23)(H,21,22). The van der Waals surface area contributed by atoms with Crippen molar-refractivity contribution < 1.29 is 28.9 Å².